The number of nitrogens with zero attached hydrogens (tertiary/aromatic N) is 2. The number of carbonyl (C=O) groups excluding carboxylic acids is 2. The molecule has 2 aromatic heterocycles. The van der Waals surface area contributed by atoms with Crippen LogP contribution in [0.3, 0.4) is 0 Å². The number of furan rings is 1. The number of benzene rings is 2. The van der Waals surface area contributed by atoms with Crippen molar-refractivity contribution in [1.82, 2.24) is 14.9 Å². The van der Waals surface area contributed by atoms with E-state index in [2.05, 4.69) is 28.2 Å². The lowest BCUT2D eigenvalue weighted by molar-refractivity contribution is 0.0947. The number of hydrogen-bond donors (Lipinski definition) is 1. The Morgan fingerprint density at radius 1 is 1.08 bits per heavy atom. The first-order chi connectivity index (χ1) is 17.5. The second kappa shape index (κ2) is 12.2. The topological polar surface area (TPSA) is 94.2 Å². The van der Waals surface area contributed by atoms with Gasteiger partial charge in [-0.2, -0.15) is 0 Å². The van der Waals surface area contributed by atoms with Crippen LogP contribution in [0.15, 0.2) is 79.7 Å². The Hall–Kier alpha value is -3.17. The van der Waals surface area contributed by atoms with E-state index in [4.69, 9.17) is 9.40 Å². The van der Waals surface area contributed by atoms with Gasteiger partial charge in [0.2, 0.25) is 0 Å². The molecule has 1 amide bonds. The van der Waals surface area contributed by atoms with E-state index in [0.29, 0.717) is 39.5 Å². The SMILES string of the molecule is CCCCCn1c(SCC(=O)c2ccc(Br)cc2)nc2cc(C(=O)NCc3ccco3)ccc2c1=O. The van der Waals surface area contributed by atoms with Crippen molar-refractivity contribution in [3.63, 3.8) is 0 Å². The third-order valence-electron chi connectivity index (χ3n) is 5.67. The van der Waals surface area contributed by atoms with Gasteiger partial charge in [-0.25, -0.2) is 4.98 Å². The number of hydrogen-bond acceptors (Lipinski definition) is 6. The summed E-state index contributed by atoms with van der Waals surface area (Å²) in [5, 5.41) is 3.72. The molecule has 0 saturated carbocycles. The predicted octanol–water partition coefficient (Wildman–Crippen LogP) is 5.85. The van der Waals surface area contributed by atoms with Gasteiger partial charge in [-0.1, -0.05) is 59.6 Å². The molecule has 0 fully saturated rings. The number of unbranched alkanes of at least 4 members (excludes halogenated alkanes) is 2. The van der Waals surface area contributed by atoms with Crippen LogP contribution in [0.4, 0.5) is 0 Å². The number of rotatable bonds is 11. The largest absolute Gasteiger partial charge is 0.467 e. The Morgan fingerprint density at radius 2 is 1.86 bits per heavy atom. The number of halogens is 1. The lowest BCUT2D eigenvalue weighted by Gasteiger charge is -2.13. The molecule has 2 heterocycles. The third-order valence-corrected chi connectivity index (χ3v) is 7.17. The van der Waals surface area contributed by atoms with Crippen LogP contribution in [0.25, 0.3) is 10.9 Å². The van der Waals surface area contributed by atoms with Crippen molar-refractivity contribution >= 4 is 50.3 Å². The van der Waals surface area contributed by atoms with E-state index in [-0.39, 0.29) is 29.5 Å². The van der Waals surface area contributed by atoms with E-state index < -0.39 is 0 Å². The van der Waals surface area contributed by atoms with Crippen molar-refractivity contribution in [2.24, 2.45) is 0 Å². The molecule has 4 rings (SSSR count). The molecule has 0 spiro atoms. The minimum Gasteiger partial charge on any atom is -0.467 e. The fourth-order valence-corrected chi connectivity index (χ4v) is 4.89. The summed E-state index contributed by atoms with van der Waals surface area (Å²) in [5.41, 5.74) is 1.25. The summed E-state index contributed by atoms with van der Waals surface area (Å²) in [4.78, 5) is 43.5. The maximum Gasteiger partial charge on any atom is 0.262 e. The first kappa shape index (κ1) is 25.9. The molecule has 0 aliphatic carbocycles. The van der Waals surface area contributed by atoms with Gasteiger partial charge in [0.05, 0.1) is 29.5 Å². The summed E-state index contributed by atoms with van der Waals surface area (Å²) in [5.74, 6) is 0.456. The lowest BCUT2D eigenvalue weighted by atomic mass is 10.1. The number of thioether (sulfide) groups is 1. The smallest absolute Gasteiger partial charge is 0.262 e. The van der Waals surface area contributed by atoms with Crippen molar-refractivity contribution in [3.8, 4) is 0 Å². The molecular weight excluding hydrogens is 542 g/mol. The average Bonchev–Trinajstić information content (AvgIpc) is 3.41. The maximum atomic E-state index is 13.4. The van der Waals surface area contributed by atoms with Crippen LogP contribution < -0.4 is 10.9 Å². The molecule has 4 aromatic rings. The van der Waals surface area contributed by atoms with E-state index in [1.807, 2.05) is 12.1 Å². The third kappa shape index (κ3) is 6.33. The number of amides is 1. The van der Waals surface area contributed by atoms with E-state index >= 15 is 0 Å². The summed E-state index contributed by atoms with van der Waals surface area (Å²) in [7, 11) is 0. The molecule has 186 valence electrons. The van der Waals surface area contributed by atoms with Gasteiger partial charge in [-0.3, -0.25) is 19.0 Å². The van der Waals surface area contributed by atoms with Gasteiger partial charge >= 0.3 is 0 Å². The van der Waals surface area contributed by atoms with E-state index in [1.165, 1.54) is 11.8 Å². The highest BCUT2D eigenvalue weighted by Gasteiger charge is 2.16. The number of Topliss-reactive ketones (excluding diaryl/α,β-unsaturated/α-hetero) is 1. The minimum atomic E-state index is -0.290. The highest BCUT2D eigenvalue weighted by atomic mass is 79.9. The Labute approximate surface area is 221 Å². The van der Waals surface area contributed by atoms with Gasteiger partial charge in [-0.15, -0.1) is 0 Å². The van der Waals surface area contributed by atoms with E-state index in [0.717, 1.165) is 23.7 Å². The van der Waals surface area contributed by atoms with Crippen molar-refractivity contribution < 1.29 is 14.0 Å². The molecule has 0 aliphatic heterocycles. The Kier molecular flexibility index (Phi) is 8.77. The average molecular weight is 568 g/mol. The van der Waals surface area contributed by atoms with Crippen molar-refractivity contribution in [1.29, 1.82) is 0 Å². The fraction of sp³-hybridized carbons (Fsp3) is 0.259. The fourth-order valence-electron chi connectivity index (χ4n) is 3.70. The van der Waals surface area contributed by atoms with Gasteiger partial charge in [0, 0.05) is 22.1 Å². The molecule has 9 heteroatoms. The summed E-state index contributed by atoms with van der Waals surface area (Å²) in [6.45, 7) is 2.89. The summed E-state index contributed by atoms with van der Waals surface area (Å²) in [6, 6.07) is 15.6. The maximum absolute atomic E-state index is 13.4. The van der Waals surface area contributed by atoms with Crippen LogP contribution in [-0.4, -0.2) is 27.0 Å². The van der Waals surface area contributed by atoms with Gasteiger partial charge in [0.25, 0.3) is 11.5 Å². The molecule has 0 unspecified atom stereocenters. The van der Waals surface area contributed by atoms with Crippen molar-refractivity contribution in [2.75, 3.05) is 5.75 Å². The molecule has 2 aromatic carbocycles. The number of ketones is 1. The summed E-state index contributed by atoms with van der Waals surface area (Å²) in [6.07, 6.45) is 4.40. The quantitative estimate of drug-likeness (QED) is 0.106. The van der Waals surface area contributed by atoms with Crippen LogP contribution >= 0.6 is 27.7 Å². The molecule has 0 atom stereocenters. The molecule has 0 aliphatic rings. The number of fused-ring (bicyclic) bond motifs is 1. The monoisotopic (exact) mass is 567 g/mol. The Bertz CT molecular complexity index is 1420. The number of nitrogens with one attached hydrogen (secondary N) is 1. The normalized spacial score (nSPS) is 11.1. The summed E-state index contributed by atoms with van der Waals surface area (Å²) >= 11 is 4.62. The van der Waals surface area contributed by atoms with Crippen LogP contribution in [0.5, 0.6) is 0 Å². The first-order valence-electron chi connectivity index (χ1n) is 11.7. The Balaban J connectivity index is 1.60. The minimum absolute atomic E-state index is 0.0481. The summed E-state index contributed by atoms with van der Waals surface area (Å²) < 4.78 is 7.80. The van der Waals surface area contributed by atoms with Crippen molar-refractivity contribution in [3.05, 3.63) is 92.6 Å². The molecule has 0 saturated heterocycles. The first-order valence-corrected chi connectivity index (χ1v) is 13.5. The van der Waals surface area contributed by atoms with Crippen molar-refractivity contribution in [2.45, 2.75) is 44.4 Å². The predicted molar refractivity (Wildman–Crippen MR) is 145 cm³/mol. The van der Waals surface area contributed by atoms with Crippen LogP contribution in [-0.2, 0) is 13.1 Å². The standard InChI is InChI=1S/C27H26BrN3O4S/c1-2-3-4-13-31-26(34)22-12-9-19(25(33)29-16-21-6-5-14-35-21)15-23(22)30-27(31)36-17-24(32)18-7-10-20(28)11-8-18/h5-12,14-15H,2-4,13,16-17H2,1H3,(H,29,33). The zero-order valence-electron chi connectivity index (χ0n) is 19.8. The van der Waals surface area contributed by atoms with Gasteiger partial charge in [-0.05, 0) is 48.9 Å². The molecular formula is C27H26BrN3O4S. The zero-order chi connectivity index (χ0) is 25.5. The van der Waals surface area contributed by atoms with Gasteiger partial charge in [0.1, 0.15) is 5.76 Å². The molecule has 0 radical (unpaired) electrons. The van der Waals surface area contributed by atoms with Gasteiger partial charge < -0.3 is 9.73 Å². The van der Waals surface area contributed by atoms with Gasteiger partial charge in [0.15, 0.2) is 10.9 Å². The molecule has 7 nitrogen and oxygen atoms in total. The zero-order valence-corrected chi connectivity index (χ0v) is 22.2. The second-order valence-corrected chi connectivity index (χ2v) is 10.1. The Morgan fingerprint density at radius 3 is 2.58 bits per heavy atom. The highest BCUT2D eigenvalue weighted by Crippen LogP contribution is 2.21. The van der Waals surface area contributed by atoms with Crippen LogP contribution in [0.1, 0.15) is 52.7 Å². The lowest BCUT2D eigenvalue weighted by Crippen LogP contribution is -2.25. The highest BCUT2D eigenvalue weighted by molar-refractivity contribution is 9.10. The van der Waals surface area contributed by atoms with Crippen LogP contribution in [0.2, 0.25) is 0 Å². The molecule has 1 N–H and O–H groups in total. The van der Waals surface area contributed by atoms with Crippen LogP contribution in [0, 0.1) is 0 Å². The second-order valence-electron chi connectivity index (χ2n) is 8.27. The molecule has 36 heavy (non-hydrogen) atoms. The number of carbonyl (C=O) groups is 2. The van der Waals surface area contributed by atoms with E-state index in [1.54, 1.807) is 53.3 Å². The molecule has 0 bridgehead atoms. The number of aromatic nitrogens is 2. The van der Waals surface area contributed by atoms with E-state index in [9.17, 15) is 14.4 Å².